The minimum atomic E-state index is 0.951. The van der Waals surface area contributed by atoms with E-state index in [9.17, 15) is 0 Å². The van der Waals surface area contributed by atoms with Gasteiger partial charge >= 0.3 is 0 Å². The fourth-order valence-electron chi connectivity index (χ4n) is 7.42. The molecule has 0 bridgehead atoms. The number of nitrogens with zero attached hydrogens (tertiary/aromatic N) is 2. The molecular weight excluding hydrogens is 645 g/mol. The summed E-state index contributed by atoms with van der Waals surface area (Å²) in [5.41, 5.74) is 12.7. The molecule has 0 N–H and O–H groups in total. The summed E-state index contributed by atoms with van der Waals surface area (Å²) in [6.07, 6.45) is 0. The van der Waals surface area contributed by atoms with Crippen molar-refractivity contribution in [2.24, 2.45) is 0 Å². The van der Waals surface area contributed by atoms with Gasteiger partial charge in [0, 0.05) is 52.3 Å². The molecule has 2 nitrogen and oxygen atoms in total. The van der Waals surface area contributed by atoms with Gasteiger partial charge in [0.2, 0.25) is 0 Å². The van der Waals surface area contributed by atoms with Gasteiger partial charge in [-0.2, -0.15) is 0 Å². The molecule has 0 atom stereocenters. The molecule has 3 aromatic heterocycles. The first kappa shape index (κ1) is 29.1. The highest BCUT2D eigenvalue weighted by Crippen LogP contribution is 2.44. The average molecular weight is 675 g/mol. The zero-order valence-corrected chi connectivity index (χ0v) is 28.9. The summed E-state index contributed by atoms with van der Waals surface area (Å²) in [7, 11) is 0. The van der Waals surface area contributed by atoms with E-state index < -0.39 is 0 Å². The Morgan fingerprint density at radius 2 is 1.08 bits per heavy atom. The number of benzene rings is 7. The molecule has 0 fully saturated rings. The normalized spacial score (nSPS) is 11.7. The number of rotatable bonds is 5. The minimum absolute atomic E-state index is 0.951. The van der Waals surface area contributed by atoms with Gasteiger partial charge in [0.25, 0.3) is 0 Å². The molecule has 0 aliphatic rings. The highest BCUT2D eigenvalue weighted by Gasteiger charge is 2.23. The van der Waals surface area contributed by atoms with Gasteiger partial charge in [-0.05, 0) is 89.3 Å². The molecule has 0 radical (unpaired) electrons. The number of fused-ring (bicyclic) bond motifs is 5. The van der Waals surface area contributed by atoms with Gasteiger partial charge in [0.1, 0.15) is 5.82 Å². The number of aromatic nitrogens is 2. The maximum atomic E-state index is 5.42. The monoisotopic (exact) mass is 674 g/mol. The van der Waals surface area contributed by atoms with Crippen molar-refractivity contribution < 1.29 is 0 Å². The van der Waals surface area contributed by atoms with Crippen LogP contribution in [0.1, 0.15) is 5.56 Å². The SMILES string of the molecule is Cc1cc(-c2ccccc2)c(-n2c(-c3csc4ccc(-c5ccc6sc7ccccc7c6c5)cc34)nc3ccccc32)c(-c2ccccc2)c1. The third-order valence-corrected chi connectivity index (χ3v) is 11.8. The summed E-state index contributed by atoms with van der Waals surface area (Å²) < 4.78 is 6.31. The Balaban J connectivity index is 1.24. The van der Waals surface area contributed by atoms with E-state index in [-0.39, 0.29) is 0 Å². The molecule has 236 valence electrons. The van der Waals surface area contributed by atoms with Crippen molar-refractivity contribution in [3.05, 3.63) is 169 Å². The summed E-state index contributed by atoms with van der Waals surface area (Å²) in [4.78, 5) is 5.42. The Labute approximate surface area is 298 Å². The van der Waals surface area contributed by atoms with Crippen LogP contribution in [0.25, 0.3) is 91.7 Å². The zero-order chi connectivity index (χ0) is 33.2. The van der Waals surface area contributed by atoms with Gasteiger partial charge in [-0.3, -0.25) is 4.57 Å². The van der Waals surface area contributed by atoms with E-state index in [2.05, 4.69) is 175 Å². The van der Waals surface area contributed by atoms with Crippen LogP contribution in [-0.2, 0) is 0 Å². The van der Waals surface area contributed by atoms with Gasteiger partial charge in [-0.1, -0.05) is 103 Å². The average Bonchev–Trinajstić information content (AvgIpc) is 3.88. The van der Waals surface area contributed by atoms with Crippen molar-refractivity contribution in [3.63, 3.8) is 0 Å². The van der Waals surface area contributed by atoms with Gasteiger partial charge in [0.05, 0.1) is 16.7 Å². The lowest BCUT2D eigenvalue weighted by Gasteiger charge is -2.20. The molecule has 0 aliphatic heterocycles. The Hall–Kier alpha value is -5.81. The molecule has 0 amide bonds. The largest absolute Gasteiger partial charge is 0.291 e. The zero-order valence-electron chi connectivity index (χ0n) is 27.3. The highest BCUT2D eigenvalue weighted by atomic mass is 32.1. The second kappa shape index (κ2) is 11.7. The number of hydrogen-bond donors (Lipinski definition) is 0. The summed E-state index contributed by atoms with van der Waals surface area (Å²) in [6, 6.07) is 57.3. The van der Waals surface area contributed by atoms with Gasteiger partial charge in [-0.25, -0.2) is 4.98 Å². The van der Waals surface area contributed by atoms with Gasteiger partial charge in [-0.15, -0.1) is 22.7 Å². The van der Waals surface area contributed by atoms with Crippen LogP contribution in [0, 0.1) is 6.92 Å². The lowest BCUT2D eigenvalue weighted by atomic mass is 9.93. The Morgan fingerprint density at radius 1 is 0.480 bits per heavy atom. The van der Waals surface area contributed by atoms with E-state index in [1.54, 1.807) is 11.3 Å². The van der Waals surface area contributed by atoms with Crippen LogP contribution < -0.4 is 0 Å². The van der Waals surface area contributed by atoms with E-state index >= 15 is 0 Å². The third-order valence-electron chi connectivity index (χ3n) is 9.73. The Bertz CT molecular complexity index is 2810. The van der Waals surface area contributed by atoms with Crippen molar-refractivity contribution in [2.45, 2.75) is 6.92 Å². The third kappa shape index (κ3) is 4.72. The fourth-order valence-corrected chi connectivity index (χ4v) is 9.42. The summed E-state index contributed by atoms with van der Waals surface area (Å²) in [5.74, 6) is 0.951. The molecule has 3 heterocycles. The smallest absolute Gasteiger partial charge is 0.147 e. The standard InChI is InChI=1S/C46H30N2S2/c1-29-24-35(30-12-4-2-5-13-30)45(36(25-29)31-14-6-3-7-15-31)48-41-18-10-9-17-40(41)47-46(48)39-28-49-42-22-20-32(27-38(39)42)33-21-23-44-37(26-33)34-16-8-11-19-43(34)50-44/h2-28H,1H3. The highest BCUT2D eigenvalue weighted by molar-refractivity contribution is 7.25. The number of hydrogen-bond acceptors (Lipinski definition) is 3. The molecule has 4 heteroatoms. The lowest BCUT2D eigenvalue weighted by molar-refractivity contribution is 1.11. The van der Waals surface area contributed by atoms with Gasteiger partial charge in [0.15, 0.2) is 0 Å². The molecular formula is C46H30N2S2. The van der Waals surface area contributed by atoms with Crippen LogP contribution in [0.15, 0.2) is 163 Å². The number of imidazole rings is 1. The Morgan fingerprint density at radius 3 is 1.82 bits per heavy atom. The quantitative estimate of drug-likeness (QED) is 0.178. The minimum Gasteiger partial charge on any atom is -0.291 e. The van der Waals surface area contributed by atoms with Crippen LogP contribution in [0.4, 0.5) is 0 Å². The summed E-state index contributed by atoms with van der Waals surface area (Å²) in [5, 5.41) is 6.15. The number of aryl methyl sites for hydroxylation is 1. The molecule has 0 unspecified atom stereocenters. The van der Waals surface area contributed by atoms with E-state index in [1.807, 2.05) is 11.3 Å². The van der Waals surface area contributed by atoms with Crippen LogP contribution in [0.5, 0.6) is 0 Å². The van der Waals surface area contributed by atoms with Crippen LogP contribution in [0.3, 0.4) is 0 Å². The molecule has 10 aromatic rings. The van der Waals surface area contributed by atoms with E-state index in [1.165, 1.54) is 69.2 Å². The molecule has 0 aliphatic carbocycles. The van der Waals surface area contributed by atoms with E-state index in [0.29, 0.717) is 0 Å². The predicted molar refractivity (Wildman–Crippen MR) is 216 cm³/mol. The predicted octanol–water partition coefficient (Wildman–Crippen LogP) is 13.6. The second-order valence-electron chi connectivity index (χ2n) is 12.9. The van der Waals surface area contributed by atoms with Crippen LogP contribution >= 0.6 is 22.7 Å². The van der Waals surface area contributed by atoms with Crippen molar-refractivity contribution in [3.8, 4) is 50.5 Å². The molecule has 7 aromatic carbocycles. The van der Waals surface area contributed by atoms with Crippen molar-refractivity contribution >= 4 is 64.0 Å². The number of thiophene rings is 2. The maximum absolute atomic E-state index is 5.42. The fraction of sp³-hybridized carbons (Fsp3) is 0.0217. The summed E-state index contributed by atoms with van der Waals surface area (Å²) in [6.45, 7) is 2.19. The topological polar surface area (TPSA) is 17.8 Å². The van der Waals surface area contributed by atoms with Crippen LogP contribution in [-0.4, -0.2) is 9.55 Å². The van der Waals surface area contributed by atoms with Crippen molar-refractivity contribution in [1.29, 1.82) is 0 Å². The molecule has 0 spiro atoms. The second-order valence-corrected chi connectivity index (χ2v) is 14.9. The first-order valence-electron chi connectivity index (χ1n) is 16.9. The van der Waals surface area contributed by atoms with Gasteiger partial charge < -0.3 is 0 Å². The maximum Gasteiger partial charge on any atom is 0.147 e. The summed E-state index contributed by atoms with van der Waals surface area (Å²) >= 11 is 3.65. The Kier molecular flexibility index (Phi) is 6.80. The molecule has 50 heavy (non-hydrogen) atoms. The number of para-hydroxylation sites is 2. The van der Waals surface area contributed by atoms with E-state index in [0.717, 1.165) is 28.1 Å². The van der Waals surface area contributed by atoms with Crippen molar-refractivity contribution in [1.82, 2.24) is 9.55 Å². The molecule has 0 saturated heterocycles. The van der Waals surface area contributed by atoms with Crippen molar-refractivity contribution in [2.75, 3.05) is 0 Å². The molecule has 10 rings (SSSR count). The lowest BCUT2D eigenvalue weighted by Crippen LogP contribution is -2.03. The first-order chi connectivity index (χ1) is 24.7. The molecule has 0 saturated carbocycles. The van der Waals surface area contributed by atoms with E-state index in [4.69, 9.17) is 4.98 Å². The first-order valence-corrected chi connectivity index (χ1v) is 18.6. The van der Waals surface area contributed by atoms with Crippen LogP contribution in [0.2, 0.25) is 0 Å².